The van der Waals surface area contributed by atoms with Gasteiger partial charge in [-0.3, -0.25) is 4.79 Å². The molecule has 4 aromatic rings. The van der Waals surface area contributed by atoms with E-state index in [9.17, 15) is 4.79 Å². The molecule has 2 aromatic carbocycles. The van der Waals surface area contributed by atoms with Gasteiger partial charge in [0.15, 0.2) is 0 Å². The first-order chi connectivity index (χ1) is 16.0. The van der Waals surface area contributed by atoms with Gasteiger partial charge in [0.05, 0.1) is 5.69 Å². The van der Waals surface area contributed by atoms with Crippen LogP contribution in [0.25, 0.3) is 28.2 Å². The summed E-state index contributed by atoms with van der Waals surface area (Å²) in [6.07, 6.45) is 5.13. The summed E-state index contributed by atoms with van der Waals surface area (Å²) >= 11 is 0. The molecular formula is C26H28N6O. The predicted octanol–water partition coefficient (Wildman–Crippen LogP) is 4.28. The van der Waals surface area contributed by atoms with Crippen LogP contribution in [0.15, 0.2) is 60.8 Å². The van der Waals surface area contributed by atoms with E-state index < -0.39 is 0 Å². The van der Waals surface area contributed by atoms with Crippen LogP contribution in [-0.2, 0) is 5.54 Å². The van der Waals surface area contributed by atoms with Crippen LogP contribution in [-0.4, -0.2) is 43.5 Å². The minimum Gasteiger partial charge on any atom is -0.336 e. The van der Waals surface area contributed by atoms with Crippen molar-refractivity contribution in [1.29, 1.82) is 0 Å². The van der Waals surface area contributed by atoms with Crippen molar-refractivity contribution >= 4 is 11.7 Å². The normalized spacial score (nSPS) is 14.8. The number of nitrogens with two attached hydrogens (primary N) is 1. The Balaban J connectivity index is 1.62. The molecule has 0 atom stereocenters. The molecule has 0 aliphatic heterocycles. The molecule has 1 saturated carbocycles. The third kappa shape index (κ3) is 3.78. The fraction of sp³-hybridized carbons (Fsp3) is 0.308. The molecular weight excluding hydrogens is 412 g/mol. The van der Waals surface area contributed by atoms with E-state index >= 15 is 0 Å². The lowest BCUT2D eigenvalue weighted by Gasteiger charge is -2.38. The molecule has 0 bridgehead atoms. The number of fused-ring (bicyclic) bond motifs is 1. The van der Waals surface area contributed by atoms with Crippen molar-refractivity contribution in [3.63, 3.8) is 0 Å². The van der Waals surface area contributed by atoms with Crippen LogP contribution in [0.1, 0.15) is 49.3 Å². The highest BCUT2D eigenvalue weighted by Gasteiger charge is 2.34. The summed E-state index contributed by atoms with van der Waals surface area (Å²) in [7, 11) is 0. The van der Waals surface area contributed by atoms with Crippen molar-refractivity contribution in [1.82, 2.24) is 24.5 Å². The van der Waals surface area contributed by atoms with Crippen molar-refractivity contribution in [2.45, 2.75) is 38.6 Å². The molecule has 2 N–H and O–H groups in total. The van der Waals surface area contributed by atoms with Crippen LogP contribution in [0.5, 0.6) is 0 Å². The molecule has 33 heavy (non-hydrogen) atoms. The zero-order valence-electron chi connectivity index (χ0n) is 19.0. The minimum atomic E-state index is -0.204. The third-order valence-electron chi connectivity index (χ3n) is 6.64. The molecule has 1 amide bonds. The maximum absolute atomic E-state index is 12.8. The Morgan fingerprint density at radius 2 is 1.70 bits per heavy atom. The van der Waals surface area contributed by atoms with Gasteiger partial charge in [-0.05, 0) is 44.2 Å². The number of hydrogen-bond donors (Lipinski definition) is 1. The average molecular weight is 441 g/mol. The summed E-state index contributed by atoms with van der Waals surface area (Å²) in [5.41, 5.74) is 11.2. The Bertz CT molecular complexity index is 1290. The van der Waals surface area contributed by atoms with E-state index in [0.29, 0.717) is 18.9 Å². The first-order valence-corrected chi connectivity index (χ1v) is 11.5. The highest BCUT2D eigenvalue weighted by atomic mass is 16.2. The molecule has 1 aliphatic rings. The topological polar surface area (TPSA) is 89.4 Å². The quantitative estimate of drug-likeness (QED) is 0.483. The van der Waals surface area contributed by atoms with Crippen molar-refractivity contribution in [2.24, 2.45) is 5.73 Å². The largest absolute Gasteiger partial charge is 0.336 e. The lowest BCUT2D eigenvalue weighted by molar-refractivity contribution is 0.0761. The number of carbonyl (C=O) groups excluding carboxylic acids is 1. The maximum Gasteiger partial charge on any atom is 0.293 e. The summed E-state index contributed by atoms with van der Waals surface area (Å²) in [5.74, 6) is 0.373. The van der Waals surface area contributed by atoms with Gasteiger partial charge in [0.1, 0.15) is 0 Å². The molecule has 7 heteroatoms. The number of hydrogen-bond acceptors (Lipinski definition) is 5. The SMILES string of the molecule is CCN(CC)C(=O)c1nc2nc(-c3ccc(C4(N)CCC4)cc3)c(-c3ccccc3)cn2n1. The van der Waals surface area contributed by atoms with E-state index in [1.165, 1.54) is 6.42 Å². The van der Waals surface area contributed by atoms with E-state index in [4.69, 9.17) is 10.7 Å². The van der Waals surface area contributed by atoms with Gasteiger partial charge < -0.3 is 10.6 Å². The zero-order valence-corrected chi connectivity index (χ0v) is 19.0. The van der Waals surface area contributed by atoms with Gasteiger partial charge in [-0.2, -0.15) is 4.98 Å². The van der Waals surface area contributed by atoms with Gasteiger partial charge >= 0.3 is 0 Å². The Morgan fingerprint density at radius 1 is 1.00 bits per heavy atom. The van der Waals surface area contributed by atoms with E-state index in [1.54, 1.807) is 9.42 Å². The maximum atomic E-state index is 12.8. The van der Waals surface area contributed by atoms with Gasteiger partial charge in [0.25, 0.3) is 11.7 Å². The molecule has 1 aliphatic carbocycles. The van der Waals surface area contributed by atoms with Crippen LogP contribution in [0, 0.1) is 0 Å². The second-order valence-electron chi connectivity index (χ2n) is 8.61. The zero-order chi connectivity index (χ0) is 23.0. The van der Waals surface area contributed by atoms with Gasteiger partial charge in [-0.25, -0.2) is 9.50 Å². The van der Waals surface area contributed by atoms with Crippen molar-refractivity contribution in [2.75, 3.05) is 13.1 Å². The molecule has 2 aromatic heterocycles. The predicted molar refractivity (Wildman–Crippen MR) is 129 cm³/mol. The van der Waals surface area contributed by atoms with E-state index in [0.717, 1.165) is 40.8 Å². The summed E-state index contributed by atoms with van der Waals surface area (Å²) in [6, 6.07) is 18.4. The van der Waals surface area contributed by atoms with Crippen LogP contribution in [0.3, 0.4) is 0 Å². The van der Waals surface area contributed by atoms with Crippen molar-refractivity contribution < 1.29 is 4.79 Å². The third-order valence-corrected chi connectivity index (χ3v) is 6.64. The van der Waals surface area contributed by atoms with Crippen molar-refractivity contribution in [3.8, 4) is 22.4 Å². The van der Waals surface area contributed by atoms with Crippen LogP contribution in [0.2, 0.25) is 0 Å². The number of amides is 1. The first-order valence-electron chi connectivity index (χ1n) is 11.5. The summed E-state index contributed by atoms with van der Waals surface area (Å²) in [4.78, 5) is 23.8. The first kappa shape index (κ1) is 21.3. The highest BCUT2D eigenvalue weighted by molar-refractivity contribution is 5.91. The Kier molecular flexibility index (Phi) is 5.42. The number of carbonyl (C=O) groups is 1. The molecule has 7 nitrogen and oxygen atoms in total. The Hall–Kier alpha value is -3.58. The molecule has 0 saturated heterocycles. The van der Waals surface area contributed by atoms with Gasteiger partial charge in [0.2, 0.25) is 5.82 Å². The lowest BCUT2D eigenvalue weighted by Crippen LogP contribution is -2.43. The van der Waals surface area contributed by atoms with Crippen LogP contribution in [0.4, 0.5) is 0 Å². The summed E-state index contributed by atoms with van der Waals surface area (Å²) < 4.78 is 1.60. The molecule has 0 unspecified atom stereocenters. The summed E-state index contributed by atoms with van der Waals surface area (Å²) in [6.45, 7) is 5.10. The molecule has 5 rings (SSSR count). The van der Waals surface area contributed by atoms with Crippen LogP contribution < -0.4 is 5.73 Å². The molecule has 0 radical (unpaired) electrons. The second kappa shape index (κ2) is 8.41. The lowest BCUT2D eigenvalue weighted by atomic mass is 9.72. The van der Waals surface area contributed by atoms with E-state index in [1.807, 2.05) is 50.4 Å². The number of nitrogens with zero attached hydrogens (tertiary/aromatic N) is 5. The highest BCUT2D eigenvalue weighted by Crippen LogP contribution is 2.39. The molecule has 1 fully saturated rings. The fourth-order valence-corrected chi connectivity index (χ4v) is 4.42. The summed E-state index contributed by atoms with van der Waals surface area (Å²) in [5, 5.41) is 4.45. The van der Waals surface area contributed by atoms with Gasteiger partial charge in [-0.1, -0.05) is 54.6 Å². The fourth-order valence-electron chi connectivity index (χ4n) is 4.42. The van der Waals surface area contributed by atoms with Gasteiger partial charge in [-0.15, -0.1) is 5.10 Å². The second-order valence-corrected chi connectivity index (χ2v) is 8.61. The molecule has 168 valence electrons. The van der Waals surface area contributed by atoms with Crippen molar-refractivity contribution in [3.05, 3.63) is 72.2 Å². The standard InChI is InChI=1S/C26H28N6O/c1-3-31(4-2)24(33)23-29-25-28-22(19-11-13-20(14-12-19)26(27)15-8-16-26)21(17-32(25)30-23)18-9-6-5-7-10-18/h5-7,9-14,17H,3-4,8,15-16,27H2,1-2H3. The molecule has 0 spiro atoms. The number of aromatic nitrogens is 4. The van der Waals surface area contributed by atoms with E-state index in [2.05, 4.69) is 34.3 Å². The minimum absolute atomic E-state index is 0.160. The van der Waals surface area contributed by atoms with Crippen LogP contribution >= 0.6 is 0 Å². The number of benzene rings is 2. The van der Waals surface area contributed by atoms with Gasteiger partial charge in [0, 0.05) is 36.0 Å². The molecule has 2 heterocycles. The Morgan fingerprint density at radius 3 is 2.30 bits per heavy atom. The average Bonchev–Trinajstić information content (AvgIpc) is 3.26. The number of rotatable bonds is 6. The smallest absolute Gasteiger partial charge is 0.293 e. The Labute approximate surface area is 193 Å². The van der Waals surface area contributed by atoms with E-state index in [-0.39, 0.29) is 17.3 Å². The monoisotopic (exact) mass is 440 g/mol.